The van der Waals surface area contributed by atoms with Crippen molar-refractivity contribution in [2.24, 2.45) is 17.8 Å². The van der Waals surface area contributed by atoms with E-state index in [0.717, 1.165) is 19.4 Å². The molecule has 1 heterocycles. The summed E-state index contributed by atoms with van der Waals surface area (Å²) in [7, 11) is 1.76. The monoisotopic (exact) mass is 241 g/mol. The minimum Gasteiger partial charge on any atom is -0.481 e. The average molecular weight is 241 g/mol. The third-order valence-electron chi connectivity index (χ3n) is 3.59. The number of rotatable bonds is 4. The fourth-order valence-electron chi connectivity index (χ4n) is 2.45. The molecular formula is C12H19NO4. The molecule has 0 radical (unpaired) electrons. The van der Waals surface area contributed by atoms with Gasteiger partial charge in [-0.3, -0.25) is 9.59 Å². The molecule has 1 aliphatic carbocycles. The van der Waals surface area contributed by atoms with Crippen LogP contribution in [0, 0.1) is 17.8 Å². The summed E-state index contributed by atoms with van der Waals surface area (Å²) in [5.74, 6) is -1.21. The lowest BCUT2D eigenvalue weighted by Crippen LogP contribution is -2.36. The van der Waals surface area contributed by atoms with Gasteiger partial charge in [0.15, 0.2) is 0 Å². The van der Waals surface area contributed by atoms with E-state index >= 15 is 0 Å². The first-order valence-corrected chi connectivity index (χ1v) is 6.15. The van der Waals surface area contributed by atoms with E-state index in [9.17, 15) is 9.59 Å². The fourth-order valence-corrected chi connectivity index (χ4v) is 2.45. The number of hydrogen-bond acceptors (Lipinski definition) is 3. The van der Waals surface area contributed by atoms with Gasteiger partial charge in [0.2, 0.25) is 5.91 Å². The molecule has 1 amide bonds. The number of aliphatic carboxylic acids is 1. The number of carboxylic acids is 1. The van der Waals surface area contributed by atoms with Crippen molar-refractivity contribution < 1.29 is 19.4 Å². The summed E-state index contributed by atoms with van der Waals surface area (Å²) in [4.78, 5) is 24.3. The summed E-state index contributed by atoms with van der Waals surface area (Å²) in [6.07, 6.45) is 2.64. The normalized spacial score (nSPS) is 31.9. The molecule has 0 bridgehead atoms. The van der Waals surface area contributed by atoms with Crippen molar-refractivity contribution >= 4 is 11.9 Å². The first kappa shape index (κ1) is 12.4. The molecule has 0 spiro atoms. The highest BCUT2D eigenvalue weighted by Crippen LogP contribution is 2.40. The number of carbonyl (C=O) groups is 2. The van der Waals surface area contributed by atoms with Crippen LogP contribution in [0.25, 0.3) is 0 Å². The Morgan fingerprint density at radius 3 is 2.71 bits per heavy atom. The molecule has 1 aliphatic heterocycles. The highest BCUT2D eigenvalue weighted by molar-refractivity contribution is 5.89. The van der Waals surface area contributed by atoms with E-state index in [1.54, 1.807) is 11.9 Å². The van der Waals surface area contributed by atoms with Crippen LogP contribution in [0.2, 0.25) is 0 Å². The maximum atomic E-state index is 11.9. The Hall–Kier alpha value is -1.10. The number of ether oxygens (including phenoxy) is 1. The van der Waals surface area contributed by atoms with Crippen molar-refractivity contribution in [1.29, 1.82) is 0 Å². The van der Waals surface area contributed by atoms with Crippen LogP contribution in [0.5, 0.6) is 0 Å². The second-order valence-corrected chi connectivity index (χ2v) is 5.09. The highest BCUT2D eigenvalue weighted by Gasteiger charge is 2.49. The maximum absolute atomic E-state index is 11.9. The molecule has 3 atom stereocenters. The molecule has 2 aliphatic rings. The van der Waals surface area contributed by atoms with Crippen LogP contribution in [0.15, 0.2) is 0 Å². The number of carbonyl (C=O) groups excluding carboxylic acids is 1. The van der Waals surface area contributed by atoms with E-state index in [2.05, 4.69) is 0 Å². The first-order chi connectivity index (χ1) is 8.09. The zero-order valence-corrected chi connectivity index (χ0v) is 10.1. The van der Waals surface area contributed by atoms with Crippen molar-refractivity contribution in [3.8, 4) is 0 Å². The largest absolute Gasteiger partial charge is 0.481 e. The molecule has 1 N–H and O–H groups in total. The van der Waals surface area contributed by atoms with Gasteiger partial charge < -0.3 is 14.7 Å². The van der Waals surface area contributed by atoms with Gasteiger partial charge in [0, 0.05) is 20.2 Å². The van der Waals surface area contributed by atoms with Gasteiger partial charge in [-0.15, -0.1) is 0 Å². The molecule has 96 valence electrons. The predicted octanol–water partition coefficient (Wildman–Crippen LogP) is 0.592. The predicted molar refractivity (Wildman–Crippen MR) is 60.4 cm³/mol. The standard InChI is InChI=1S/C12H19NO4/c1-13(6-8-3-2-4-17-7-8)11(14)9-5-10(9)12(15)16/h8-10H,2-7H2,1H3,(H,15,16). The third kappa shape index (κ3) is 2.97. The van der Waals surface area contributed by atoms with Crippen LogP contribution in [0.1, 0.15) is 19.3 Å². The minimum absolute atomic E-state index is 0.0250. The molecule has 5 heteroatoms. The Kier molecular flexibility index (Phi) is 3.66. The number of hydrogen-bond donors (Lipinski definition) is 1. The van der Waals surface area contributed by atoms with E-state index in [1.165, 1.54) is 0 Å². The Labute approximate surface area is 101 Å². The van der Waals surface area contributed by atoms with Crippen LogP contribution in [-0.4, -0.2) is 48.7 Å². The highest BCUT2D eigenvalue weighted by atomic mass is 16.5. The topological polar surface area (TPSA) is 66.8 Å². The van der Waals surface area contributed by atoms with E-state index in [-0.39, 0.29) is 11.8 Å². The molecule has 1 saturated carbocycles. The Morgan fingerprint density at radius 1 is 1.41 bits per heavy atom. The molecule has 1 saturated heterocycles. The van der Waals surface area contributed by atoms with Crippen LogP contribution < -0.4 is 0 Å². The first-order valence-electron chi connectivity index (χ1n) is 6.15. The second kappa shape index (κ2) is 5.04. The van der Waals surface area contributed by atoms with E-state index in [1.807, 2.05) is 0 Å². The number of carboxylic acid groups (broad SMARTS) is 1. The van der Waals surface area contributed by atoms with Gasteiger partial charge in [0.25, 0.3) is 0 Å². The lowest BCUT2D eigenvalue weighted by atomic mass is 10.0. The van der Waals surface area contributed by atoms with Crippen LogP contribution >= 0.6 is 0 Å². The third-order valence-corrected chi connectivity index (χ3v) is 3.59. The fraction of sp³-hybridized carbons (Fsp3) is 0.833. The molecule has 0 aromatic carbocycles. The van der Waals surface area contributed by atoms with Gasteiger partial charge in [-0.2, -0.15) is 0 Å². The summed E-state index contributed by atoms with van der Waals surface area (Å²) < 4.78 is 5.37. The molecule has 17 heavy (non-hydrogen) atoms. The molecule has 2 fully saturated rings. The molecule has 2 rings (SSSR count). The van der Waals surface area contributed by atoms with Crippen LogP contribution in [0.4, 0.5) is 0 Å². The van der Waals surface area contributed by atoms with Crippen LogP contribution in [0.3, 0.4) is 0 Å². The minimum atomic E-state index is -0.849. The second-order valence-electron chi connectivity index (χ2n) is 5.09. The summed E-state index contributed by atoms with van der Waals surface area (Å²) in [5, 5.41) is 8.79. The Bertz CT molecular complexity index is 312. The van der Waals surface area contributed by atoms with Gasteiger partial charge in [0.05, 0.1) is 18.4 Å². The van der Waals surface area contributed by atoms with Gasteiger partial charge >= 0.3 is 5.97 Å². The van der Waals surface area contributed by atoms with Crippen LogP contribution in [-0.2, 0) is 14.3 Å². The average Bonchev–Trinajstić information content (AvgIpc) is 3.09. The zero-order valence-electron chi connectivity index (χ0n) is 10.1. The summed E-state index contributed by atoms with van der Waals surface area (Å²) >= 11 is 0. The lowest BCUT2D eigenvalue weighted by Gasteiger charge is -2.27. The number of amides is 1. The molecular weight excluding hydrogens is 222 g/mol. The molecule has 3 unspecified atom stereocenters. The van der Waals surface area contributed by atoms with Gasteiger partial charge in [-0.05, 0) is 25.2 Å². The zero-order chi connectivity index (χ0) is 12.4. The summed E-state index contributed by atoms with van der Waals surface area (Å²) in [6, 6.07) is 0. The summed E-state index contributed by atoms with van der Waals surface area (Å²) in [6.45, 7) is 2.21. The Morgan fingerprint density at radius 2 is 2.18 bits per heavy atom. The quantitative estimate of drug-likeness (QED) is 0.782. The lowest BCUT2D eigenvalue weighted by molar-refractivity contribution is -0.141. The van der Waals surface area contributed by atoms with Crippen molar-refractivity contribution in [2.45, 2.75) is 19.3 Å². The maximum Gasteiger partial charge on any atom is 0.307 e. The SMILES string of the molecule is CN(CC1CCCOC1)C(=O)C1CC1C(=O)O. The number of nitrogens with zero attached hydrogens (tertiary/aromatic N) is 1. The molecule has 0 aromatic rings. The van der Waals surface area contributed by atoms with E-state index < -0.39 is 11.9 Å². The van der Waals surface area contributed by atoms with Gasteiger partial charge in [-0.25, -0.2) is 0 Å². The smallest absolute Gasteiger partial charge is 0.307 e. The van der Waals surface area contributed by atoms with Crippen molar-refractivity contribution in [3.63, 3.8) is 0 Å². The Balaban J connectivity index is 1.77. The summed E-state index contributed by atoms with van der Waals surface area (Å²) in [5.41, 5.74) is 0. The van der Waals surface area contributed by atoms with E-state index in [0.29, 0.717) is 25.5 Å². The van der Waals surface area contributed by atoms with Crippen molar-refractivity contribution in [2.75, 3.05) is 26.8 Å². The van der Waals surface area contributed by atoms with E-state index in [4.69, 9.17) is 9.84 Å². The molecule has 0 aromatic heterocycles. The van der Waals surface area contributed by atoms with Gasteiger partial charge in [0.1, 0.15) is 0 Å². The van der Waals surface area contributed by atoms with Crippen molar-refractivity contribution in [3.05, 3.63) is 0 Å². The van der Waals surface area contributed by atoms with Crippen molar-refractivity contribution in [1.82, 2.24) is 4.90 Å². The van der Waals surface area contributed by atoms with Gasteiger partial charge in [-0.1, -0.05) is 0 Å². The molecule has 5 nitrogen and oxygen atoms in total.